The molecule has 1 aromatic carbocycles. The molecule has 0 fully saturated rings. The summed E-state index contributed by atoms with van der Waals surface area (Å²) in [6.45, 7) is 8.32. The molecule has 1 rings (SSSR count). The molecule has 1 heteroatoms. The number of hydrogen-bond donors (Lipinski definition) is 0. The predicted molar refractivity (Wildman–Crippen MR) is 60.8 cm³/mol. The monoisotopic (exact) mass is 191 g/mol. The molecule has 0 aliphatic heterocycles. The quantitative estimate of drug-likeness (QED) is 0.706. The largest absolute Gasteiger partial charge is 0.497 e. The van der Waals surface area contributed by atoms with E-state index in [0.29, 0.717) is 5.92 Å². The zero-order valence-corrected chi connectivity index (χ0v) is 9.34. The van der Waals surface area contributed by atoms with Crippen LogP contribution in [0, 0.1) is 6.92 Å². The van der Waals surface area contributed by atoms with E-state index >= 15 is 0 Å². The molecule has 0 bridgehead atoms. The fraction of sp³-hybridized carbons (Fsp3) is 0.462. The first-order valence-electron chi connectivity index (χ1n) is 5.18. The summed E-state index contributed by atoms with van der Waals surface area (Å²) in [6, 6.07) is 6.40. The van der Waals surface area contributed by atoms with E-state index < -0.39 is 0 Å². The summed E-state index contributed by atoms with van der Waals surface area (Å²) in [4.78, 5) is 0. The zero-order chi connectivity index (χ0) is 10.6. The highest BCUT2D eigenvalue weighted by Crippen LogP contribution is 2.23. The fourth-order valence-electron chi connectivity index (χ4n) is 1.52. The molecule has 0 aromatic heterocycles. The second-order valence-corrected chi connectivity index (χ2v) is 3.77. The molecule has 0 saturated heterocycles. The standard InChI is InChI=1S/C13H19O/c1-5-6-11-7-12(10(2)3)9-13(8-11)14-4/h7-10H,2,5-6H2,1,3-4H3. The van der Waals surface area contributed by atoms with E-state index in [2.05, 4.69) is 39.0 Å². The van der Waals surface area contributed by atoms with Gasteiger partial charge in [-0.15, -0.1) is 0 Å². The van der Waals surface area contributed by atoms with Gasteiger partial charge in [0.25, 0.3) is 0 Å². The van der Waals surface area contributed by atoms with E-state index in [9.17, 15) is 0 Å². The average Bonchev–Trinajstić information content (AvgIpc) is 2.17. The van der Waals surface area contributed by atoms with Crippen LogP contribution >= 0.6 is 0 Å². The van der Waals surface area contributed by atoms with Crippen LogP contribution < -0.4 is 4.74 Å². The molecule has 1 unspecified atom stereocenters. The van der Waals surface area contributed by atoms with Crippen LogP contribution in [0.4, 0.5) is 0 Å². The molecular weight excluding hydrogens is 172 g/mol. The van der Waals surface area contributed by atoms with E-state index in [1.54, 1.807) is 7.11 Å². The Morgan fingerprint density at radius 2 is 2.07 bits per heavy atom. The smallest absolute Gasteiger partial charge is 0.119 e. The van der Waals surface area contributed by atoms with Crippen molar-refractivity contribution in [1.29, 1.82) is 0 Å². The fourth-order valence-corrected chi connectivity index (χ4v) is 1.52. The second-order valence-electron chi connectivity index (χ2n) is 3.77. The van der Waals surface area contributed by atoms with Gasteiger partial charge in [0.1, 0.15) is 5.75 Å². The van der Waals surface area contributed by atoms with Gasteiger partial charge in [0.15, 0.2) is 0 Å². The van der Waals surface area contributed by atoms with Crippen LogP contribution in [0.2, 0.25) is 0 Å². The minimum atomic E-state index is 0.320. The molecule has 1 atom stereocenters. The van der Waals surface area contributed by atoms with E-state index in [4.69, 9.17) is 4.74 Å². The van der Waals surface area contributed by atoms with Crippen molar-refractivity contribution in [2.24, 2.45) is 0 Å². The molecule has 0 heterocycles. The van der Waals surface area contributed by atoms with Gasteiger partial charge in [-0.05, 0) is 42.5 Å². The predicted octanol–water partition coefficient (Wildman–Crippen LogP) is 3.59. The lowest BCUT2D eigenvalue weighted by molar-refractivity contribution is 0.413. The van der Waals surface area contributed by atoms with Gasteiger partial charge in [0.2, 0.25) is 0 Å². The Morgan fingerprint density at radius 1 is 1.36 bits per heavy atom. The minimum absolute atomic E-state index is 0.320. The third kappa shape index (κ3) is 2.76. The first kappa shape index (κ1) is 11.1. The number of rotatable bonds is 4. The van der Waals surface area contributed by atoms with Crippen molar-refractivity contribution >= 4 is 0 Å². The summed E-state index contributed by atoms with van der Waals surface area (Å²) in [6.07, 6.45) is 2.27. The Morgan fingerprint density at radius 3 is 2.57 bits per heavy atom. The number of methoxy groups -OCH3 is 1. The van der Waals surface area contributed by atoms with Crippen LogP contribution in [0.1, 0.15) is 37.3 Å². The SMILES string of the molecule is [CH2]C(C)c1cc(CCC)cc(OC)c1. The molecule has 0 N–H and O–H groups in total. The highest BCUT2D eigenvalue weighted by molar-refractivity contribution is 5.36. The van der Waals surface area contributed by atoms with Crippen molar-refractivity contribution in [3.63, 3.8) is 0 Å². The average molecular weight is 191 g/mol. The van der Waals surface area contributed by atoms with Crippen molar-refractivity contribution in [2.75, 3.05) is 7.11 Å². The first-order chi connectivity index (χ1) is 6.67. The van der Waals surface area contributed by atoms with Crippen LogP contribution in [0.25, 0.3) is 0 Å². The number of hydrogen-bond acceptors (Lipinski definition) is 1. The summed E-state index contributed by atoms with van der Waals surface area (Å²) < 4.78 is 5.26. The lowest BCUT2D eigenvalue weighted by atomic mass is 9.98. The Balaban J connectivity index is 3.00. The minimum Gasteiger partial charge on any atom is -0.497 e. The summed E-state index contributed by atoms with van der Waals surface area (Å²) in [5.41, 5.74) is 2.60. The summed E-state index contributed by atoms with van der Waals surface area (Å²) in [7, 11) is 1.71. The zero-order valence-electron chi connectivity index (χ0n) is 9.34. The summed E-state index contributed by atoms with van der Waals surface area (Å²) in [5, 5.41) is 0. The van der Waals surface area contributed by atoms with Gasteiger partial charge < -0.3 is 4.74 Å². The summed E-state index contributed by atoms with van der Waals surface area (Å²) >= 11 is 0. The Labute approximate surface area is 87.1 Å². The van der Waals surface area contributed by atoms with E-state index in [0.717, 1.165) is 18.6 Å². The van der Waals surface area contributed by atoms with Crippen LogP contribution in [0.3, 0.4) is 0 Å². The van der Waals surface area contributed by atoms with Crippen LogP contribution in [0.5, 0.6) is 5.75 Å². The van der Waals surface area contributed by atoms with E-state index in [1.807, 2.05) is 0 Å². The number of benzene rings is 1. The molecule has 0 spiro atoms. The van der Waals surface area contributed by atoms with Gasteiger partial charge in [-0.1, -0.05) is 26.3 Å². The van der Waals surface area contributed by atoms with Gasteiger partial charge in [-0.2, -0.15) is 0 Å². The van der Waals surface area contributed by atoms with Crippen molar-refractivity contribution < 1.29 is 4.74 Å². The molecular formula is C13H19O. The third-order valence-electron chi connectivity index (χ3n) is 2.33. The number of ether oxygens (including phenoxy) is 1. The Bertz CT molecular complexity index is 289. The molecule has 1 aromatic rings. The van der Waals surface area contributed by atoms with Crippen LogP contribution in [-0.4, -0.2) is 7.11 Å². The second kappa shape index (κ2) is 5.04. The molecule has 1 radical (unpaired) electrons. The number of aryl methyl sites for hydroxylation is 1. The molecule has 1 nitrogen and oxygen atoms in total. The van der Waals surface area contributed by atoms with E-state index in [-0.39, 0.29) is 0 Å². The van der Waals surface area contributed by atoms with Crippen LogP contribution in [0.15, 0.2) is 18.2 Å². The highest BCUT2D eigenvalue weighted by atomic mass is 16.5. The molecule has 14 heavy (non-hydrogen) atoms. The van der Waals surface area contributed by atoms with Gasteiger partial charge >= 0.3 is 0 Å². The van der Waals surface area contributed by atoms with Crippen LogP contribution in [-0.2, 0) is 6.42 Å². The Hall–Kier alpha value is -0.980. The van der Waals surface area contributed by atoms with E-state index in [1.165, 1.54) is 11.1 Å². The van der Waals surface area contributed by atoms with Gasteiger partial charge in [-0.3, -0.25) is 0 Å². The first-order valence-corrected chi connectivity index (χ1v) is 5.18. The lowest BCUT2D eigenvalue weighted by Crippen LogP contribution is -1.94. The maximum absolute atomic E-state index is 5.26. The lowest BCUT2D eigenvalue weighted by Gasteiger charge is -2.10. The molecule has 0 amide bonds. The molecule has 0 aliphatic carbocycles. The maximum Gasteiger partial charge on any atom is 0.119 e. The molecule has 0 saturated carbocycles. The van der Waals surface area contributed by atoms with Gasteiger partial charge in [-0.25, -0.2) is 0 Å². The Kier molecular flexibility index (Phi) is 3.99. The third-order valence-corrected chi connectivity index (χ3v) is 2.33. The summed E-state index contributed by atoms with van der Waals surface area (Å²) in [5.74, 6) is 1.27. The highest BCUT2D eigenvalue weighted by Gasteiger charge is 2.04. The van der Waals surface area contributed by atoms with Crippen molar-refractivity contribution in [3.05, 3.63) is 36.2 Å². The van der Waals surface area contributed by atoms with Gasteiger partial charge in [0.05, 0.1) is 7.11 Å². The normalized spacial score (nSPS) is 10.6. The maximum atomic E-state index is 5.26. The van der Waals surface area contributed by atoms with Crippen molar-refractivity contribution in [3.8, 4) is 5.75 Å². The molecule has 77 valence electrons. The van der Waals surface area contributed by atoms with Crippen molar-refractivity contribution in [1.82, 2.24) is 0 Å². The van der Waals surface area contributed by atoms with Crippen molar-refractivity contribution in [2.45, 2.75) is 32.6 Å². The van der Waals surface area contributed by atoms with Gasteiger partial charge in [0, 0.05) is 0 Å². The molecule has 0 aliphatic rings. The topological polar surface area (TPSA) is 9.23 Å².